The molecule has 29 heavy (non-hydrogen) atoms. The second-order valence-electron chi connectivity index (χ2n) is 7.16. The number of urea groups is 1. The average molecular weight is 418 g/mol. The zero-order chi connectivity index (χ0) is 20.6. The van der Waals surface area contributed by atoms with Gasteiger partial charge in [0.15, 0.2) is 0 Å². The van der Waals surface area contributed by atoms with Crippen LogP contribution in [0.15, 0.2) is 42.6 Å². The number of benzene rings is 1. The van der Waals surface area contributed by atoms with E-state index in [1.54, 1.807) is 30.3 Å². The lowest BCUT2D eigenvalue weighted by molar-refractivity contribution is 0.195. The molecule has 1 aliphatic heterocycles. The van der Waals surface area contributed by atoms with E-state index in [1.165, 1.54) is 0 Å². The van der Waals surface area contributed by atoms with Crippen LogP contribution >= 0.6 is 11.6 Å². The first kappa shape index (κ1) is 21.2. The Morgan fingerprint density at radius 2 is 2.03 bits per heavy atom. The highest BCUT2D eigenvalue weighted by Crippen LogP contribution is 2.19. The quantitative estimate of drug-likeness (QED) is 0.750. The van der Waals surface area contributed by atoms with E-state index in [-0.39, 0.29) is 6.03 Å². The Labute approximate surface area is 177 Å². The van der Waals surface area contributed by atoms with E-state index >= 15 is 0 Å². The highest BCUT2D eigenvalue weighted by atomic mass is 35.5. The zero-order valence-electron chi connectivity index (χ0n) is 17.0. The Kier molecular flexibility index (Phi) is 7.55. The third kappa shape index (κ3) is 6.24. The fourth-order valence-corrected chi connectivity index (χ4v) is 3.32. The van der Waals surface area contributed by atoms with Crippen molar-refractivity contribution in [3.05, 3.63) is 53.2 Å². The molecule has 7 nitrogen and oxygen atoms in total. The Balaban J connectivity index is 1.47. The van der Waals surface area contributed by atoms with Gasteiger partial charge in [-0.05, 0) is 31.3 Å². The summed E-state index contributed by atoms with van der Waals surface area (Å²) in [5.74, 6) is 1.64. The van der Waals surface area contributed by atoms with Gasteiger partial charge in [0.1, 0.15) is 18.2 Å². The number of piperazine rings is 1. The van der Waals surface area contributed by atoms with Gasteiger partial charge in [0, 0.05) is 56.6 Å². The number of aromatic nitrogens is 1. The van der Waals surface area contributed by atoms with E-state index < -0.39 is 0 Å². The maximum absolute atomic E-state index is 12.4. The van der Waals surface area contributed by atoms with Crippen molar-refractivity contribution in [3.63, 3.8) is 0 Å². The summed E-state index contributed by atoms with van der Waals surface area (Å²) < 4.78 is 5.65. The zero-order valence-corrected chi connectivity index (χ0v) is 17.7. The Morgan fingerprint density at radius 3 is 2.79 bits per heavy atom. The number of hydrogen-bond acceptors (Lipinski definition) is 5. The van der Waals surface area contributed by atoms with Gasteiger partial charge in [-0.1, -0.05) is 23.7 Å². The van der Waals surface area contributed by atoms with Crippen LogP contribution in [-0.4, -0.2) is 74.2 Å². The second kappa shape index (κ2) is 10.3. The van der Waals surface area contributed by atoms with Crippen LogP contribution in [0.3, 0.4) is 0 Å². The average Bonchev–Trinajstić information content (AvgIpc) is 2.73. The van der Waals surface area contributed by atoms with E-state index in [0.717, 1.165) is 37.6 Å². The van der Waals surface area contributed by atoms with Gasteiger partial charge in [-0.15, -0.1) is 0 Å². The fraction of sp³-hybridized carbons (Fsp3) is 0.429. The molecule has 8 heteroatoms. The predicted molar refractivity (Wildman–Crippen MR) is 116 cm³/mol. The number of amides is 2. The normalized spacial score (nSPS) is 14.5. The van der Waals surface area contributed by atoms with Gasteiger partial charge in [-0.25, -0.2) is 9.78 Å². The van der Waals surface area contributed by atoms with Crippen molar-refractivity contribution in [2.24, 2.45) is 0 Å². The lowest BCUT2D eigenvalue weighted by atomic mass is 10.2. The summed E-state index contributed by atoms with van der Waals surface area (Å²) in [4.78, 5) is 23.2. The predicted octanol–water partition coefficient (Wildman–Crippen LogP) is 2.71. The van der Waals surface area contributed by atoms with Crippen molar-refractivity contribution >= 4 is 23.4 Å². The lowest BCUT2D eigenvalue weighted by Gasteiger charge is -2.34. The number of nitrogens with one attached hydrogen (secondary N) is 1. The summed E-state index contributed by atoms with van der Waals surface area (Å²) in [7, 11) is 3.88. The monoisotopic (exact) mass is 417 g/mol. The van der Waals surface area contributed by atoms with Gasteiger partial charge >= 0.3 is 6.03 Å². The maximum atomic E-state index is 12.4. The molecule has 0 saturated carbocycles. The lowest BCUT2D eigenvalue weighted by Crippen LogP contribution is -2.45. The molecule has 1 aliphatic rings. The summed E-state index contributed by atoms with van der Waals surface area (Å²) in [6.07, 6.45) is 1.80. The van der Waals surface area contributed by atoms with E-state index in [0.29, 0.717) is 30.5 Å². The number of pyridine rings is 1. The topological polar surface area (TPSA) is 60.9 Å². The molecule has 2 heterocycles. The van der Waals surface area contributed by atoms with Crippen LogP contribution in [0.2, 0.25) is 5.02 Å². The molecule has 0 bridgehead atoms. The van der Waals surface area contributed by atoms with Crippen LogP contribution in [0.4, 0.5) is 10.6 Å². The van der Waals surface area contributed by atoms with Gasteiger partial charge in [-0.2, -0.15) is 0 Å². The van der Waals surface area contributed by atoms with Crippen molar-refractivity contribution in [1.82, 2.24) is 20.1 Å². The number of likely N-dealkylation sites (N-methyl/N-ethyl adjacent to an activating group) is 2. The summed E-state index contributed by atoms with van der Waals surface area (Å²) in [6, 6.07) is 11.0. The fourth-order valence-electron chi connectivity index (χ4n) is 3.14. The number of nitrogens with zero attached hydrogens (tertiary/aromatic N) is 4. The van der Waals surface area contributed by atoms with Gasteiger partial charge in [0.05, 0.1) is 6.54 Å². The number of carbonyl (C=O) groups is 1. The van der Waals surface area contributed by atoms with E-state index in [2.05, 4.69) is 27.1 Å². The molecule has 1 aromatic carbocycles. The molecule has 1 aromatic heterocycles. The molecule has 1 fully saturated rings. The number of rotatable bonds is 7. The van der Waals surface area contributed by atoms with Crippen molar-refractivity contribution in [2.75, 3.05) is 58.3 Å². The second-order valence-corrected chi connectivity index (χ2v) is 7.60. The number of hydrogen-bond donors (Lipinski definition) is 1. The summed E-state index contributed by atoms with van der Waals surface area (Å²) in [6.45, 7) is 5.20. The Hall–Kier alpha value is -2.51. The van der Waals surface area contributed by atoms with Crippen LogP contribution < -0.4 is 15.0 Å². The van der Waals surface area contributed by atoms with Gasteiger partial charge < -0.3 is 24.8 Å². The molecule has 0 atom stereocenters. The molecule has 2 aromatic rings. The van der Waals surface area contributed by atoms with Crippen molar-refractivity contribution in [2.45, 2.75) is 6.54 Å². The SMILES string of the molecule is CN1CCN(c2ncccc2CNC(=O)N(C)CCOc2cccc(Cl)c2)CC1. The third-order valence-electron chi connectivity index (χ3n) is 4.94. The highest BCUT2D eigenvalue weighted by Gasteiger charge is 2.18. The molecule has 0 radical (unpaired) electrons. The first-order valence-corrected chi connectivity index (χ1v) is 10.2. The number of ether oxygens (including phenoxy) is 1. The van der Waals surface area contributed by atoms with Gasteiger partial charge in [-0.3, -0.25) is 0 Å². The number of anilines is 1. The summed E-state index contributed by atoms with van der Waals surface area (Å²) in [5, 5.41) is 3.60. The summed E-state index contributed by atoms with van der Waals surface area (Å²) in [5.41, 5.74) is 1.02. The molecule has 0 aliphatic carbocycles. The van der Waals surface area contributed by atoms with Crippen LogP contribution in [-0.2, 0) is 6.54 Å². The highest BCUT2D eigenvalue weighted by molar-refractivity contribution is 6.30. The first-order chi connectivity index (χ1) is 14.0. The molecule has 1 N–H and O–H groups in total. The van der Waals surface area contributed by atoms with Crippen LogP contribution in [0.5, 0.6) is 5.75 Å². The van der Waals surface area contributed by atoms with E-state index in [9.17, 15) is 4.79 Å². The Bertz CT molecular complexity index is 811. The molecular weight excluding hydrogens is 390 g/mol. The van der Waals surface area contributed by atoms with E-state index in [4.69, 9.17) is 16.3 Å². The van der Waals surface area contributed by atoms with Gasteiger partial charge in [0.25, 0.3) is 0 Å². The Morgan fingerprint density at radius 1 is 1.24 bits per heavy atom. The van der Waals surface area contributed by atoms with Crippen molar-refractivity contribution < 1.29 is 9.53 Å². The van der Waals surface area contributed by atoms with Crippen LogP contribution in [0.25, 0.3) is 0 Å². The molecule has 2 amide bonds. The first-order valence-electron chi connectivity index (χ1n) is 9.77. The largest absolute Gasteiger partial charge is 0.492 e. The molecular formula is C21H28ClN5O2. The molecule has 0 unspecified atom stereocenters. The number of halogens is 1. The number of carbonyl (C=O) groups excluding carboxylic acids is 1. The standard InChI is InChI=1S/C21H28ClN5O2/c1-25-9-11-27(12-10-25)20-17(5-4-8-23-20)16-24-21(28)26(2)13-14-29-19-7-3-6-18(22)15-19/h3-8,15H,9-14,16H2,1-2H3,(H,24,28). The maximum Gasteiger partial charge on any atom is 0.317 e. The van der Waals surface area contributed by atoms with Crippen molar-refractivity contribution in [1.29, 1.82) is 0 Å². The van der Waals surface area contributed by atoms with E-state index in [1.807, 2.05) is 24.3 Å². The van der Waals surface area contributed by atoms with Crippen LogP contribution in [0.1, 0.15) is 5.56 Å². The molecule has 1 saturated heterocycles. The smallest absolute Gasteiger partial charge is 0.317 e. The third-order valence-corrected chi connectivity index (χ3v) is 5.17. The van der Waals surface area contributed by atoms with Crippen LogP contribution in [0, 0.1) is 0 Å². The van der Waals surface area contributed by atoms with Gasteiger partial charge in [0.2, 0.25) is 0 Å². The summed E-state index contributed by atoms with van der Waals surface area (Å²) >= 11 is 5.95. The molecule has 0 spiro atoms. The minimum atomic E-state index is -0.145. The molecule has 3 rings (SSSR count). The minimum absolute atomic E-state index is 0.145. The minimum Gasteiger partial charge on any atom is -0.492 e. The molecule has 156 valence electrons. The van der Waals surface area contributed by atoms with Crippen molar-refractivity contribution in [3.8, 4) is 5.75 Å².